The maximum Gasteiger partial charge on any atom is 0.129 e. The molecule has 0 amide bonds. The lowest BCUT2D eigenvalue weighted by Gasteiger charge is -2.22. The van der Waals surface area contributed by atoms with E-state index in [-0.39, 0.29) is 5.54 Å². The second-order valence-corrected chi connectivity index (χ2v) is 4.14. The molecule has 1 aromatic heterocycles. The number of ether oxygens (including phenoxy) is 1. The molecule has 1 saturated carbocycles. The molecule has 1 aliphatic carbocycles. The van der Waals surface area contributed by atoms with Gasteiger partial charge in [0.25, 0.3) is 0 Å². The standard InChI is InChI=1S/C11H17NO2/c12-11(5-1-2-6-11)9-13-8-10-4-3-7-14-10/h3-4,7H,1-2,5-6,8-9,12H2. The van der Waals surface area contributed by atoms with Crippen molar-refractivity contribution in [2.75, 3.05) is 6.61 Å². The van der Waals surface area contributed by atoms with Crippen LogP contribution >= 0.6 is 0 Å². The largest absolute Gasteiger partial charge is 0.467 e. The molecule has 1 aromatic rings. The molecule has 0 atom stereocenters. The summed E-state index contributed by atoms with van der Waals surface area (Å²) in [4.78, 5) is 0. The average molecular weight is 195 g/mol. The van der Waals surface area contributed by atoms with Crippen LogP contribution in [-0.4, -0.2) is 12.1 Å². The Morgan fingerprint density at radius 1 is 1.43 bits per heavy atom. The lowest BCUT2D eigenvalue weighted by atomic mass is 10.0. The smallest absolute Gasteiger partial charge is 0.129 e. The summed E-state index contributed by atoms with van der Waals surface area (Å²) < 4.78 is 10.7. The predicted octanol–water partition coefficient (Wildman–Crippen LogP) is 2.07. The van der Waals surface area contributed by atoms with Crippen molar-refractivity contribution >= 4 is 0 Å². The van der Waals surface area contributed by atoms with Crippen molar-refractivity contribution in [1.29, 1.82) is 0 Å². The molecule has 0 unspecified atom stereocenters. The Morgan fingerprint density at radius 2 is 2.21 bits per heavy atom. The quantitative estimate of drug-likeness (QED) is 0.800. The molecule has 14 heavy (non-hydrogen) atoms. The Morgan fingerprint density at radius 3 is 2.86 bits per heavy atom. The van der Waals surface area contributed by atoms with E-state index >= 15 is 0 Å². The van der Waals surface area contributed by atoms with Gasteiger partial charge in [0.2, 0.25) is 0 Å². The molecule has 78 valence electrons. The molecule has 1 aliphatic rings. The van der Waals surface area contributed by atoms with Gasteiger partial charge in [-0.25, -0.2) is 0 Å². The van der Waals surface area contributed by atoms with Crippen molar-refractivity contribution in [2.24, 2.45) is 5.73 Å². The van der Waals surface area contributed by atoms with Gasteiger partial charge in [-0.2, -0.15) is 0 Å². The first-order valence-corrected chi connectivity index (χ1v) is 5.18. The lowest BCUT2D eigenvalue weighted by Crippen LogP contribution is -2.41. The highest BCUT2D eigenvalue weighted by atomic mass is 16.5. The monoisotopic (exact) mass is 195 g/mol. The fourth-order valence-electron chi connectivity index (χ4n) is 1.97. The van der Waals surface area contributed by atoms with Crippen LogP contribution in [0.15, 0.2) is 22.8 Å². The summed E-state index contributed by atoms with van der Waals surface area (Å²) >= 11 is 0. The number of hydrogen-bond acceptors (Lipinski definition) is 3. The van der Waals surface area contributed by atoms with Crippen LogP contribution in [0.1, 0.15) is 31.4 Å². The van der Waals surface area contributed by atoms with Gasteiger partial charge in [-0.05, 0) is 25.0 Å². The minimum atomic E-state index is -0.0768. The van der Waals surface area contributed by atoms with Crippen molar-refractivity contribution in [3.8, 4) is 0 Å². The summed E-state index contributed by atoms with van der Waals surface area (Å²) in [7, 11) is 0. The van der Waals surface area contributed by atoms with Crippen LogP contribution in [0.25, 0.3) is 0 Å². The highest BCUT2D eigenvalue weighted by molar-refractivity contribution is 4.96. The van der Waals surface area contributed by atoms with Gasteiger partial charge in [-0.15, -0.1) is 0 Å². The van der Waals surface area contributed by atoms with Gasteiger partial charge >= 0.3 is 0 Å². The summed E-state index contributed by atoms with van der Waals surface area (Å²) in [6, 6.07) is 3.78. The molecule has 0 radical (unpaired) electrons. The number of hydrogen-bond donors (Lipinski definition) is 1. The van der Waals surface area contributed by atoms with Crippen molar-refractivity contribution in [3.63, 3.8) is 0 Å². The molecular weight excluding hydrogens is 178 g/mol. The normalized spacial score (nSPS) is 20.1. The zero-order chi connectivity index (χ0) is 9.86. The zero-order valence-electron chi connectivity index (χ0n) is 8.37. The number of furan rings is 1. The Labute approximate surface area is 84.2 Å². The van der Waals surface area contributed by atoms with E-state index in [4.69, 9.17) is 14.9 Å². The summed E-state index contributed by atoms with van der Waals surface area (Å²) in [6.07, 6.45) is 6.31. The van der Waals surface area contributed by atoms with E-state index < -0.39 is 0 Å². The third-order valence-electron chi connectivity index (χ3n) is 2.81. The summed E-state index contributed by atoms with van der Waals surface area (Å²) in [5, 5.41) is 0. The van der Waals surface area contributed by atoms with Crippen molar-refractivity contribution in [1.82, 2.24) is 0 Å². The van der Waals surface area contributed by atoms with Gasteiger partial charge < -0.3 is 14.9 Å². The van der Waals surface area contributed by atoms with Crippen LogP contribution in [-0.2, 0) is 11.3 Å². The first-order valence-electron chi connectivity index (χ1n) is 5.18. The van der Waals surface area contributed by atoms with E-state index in [2.05, 4.69) is 0 Å². The molecule has 0 aliphatic heterocycles. The maximum absolute atomic E-state index is 6.14. The third kappa shape index (κ3) is 2.36. The molecule has 1 fully saturated rings. The maximum atomic E-state index is 6.14. The van der Waals surface area contributed by atoms with Gasteiger partial charge in [0.05, 0.1) is 12.9 Å². The molecule has 0 saturated heterocycles. The summed E-state index contributed by atoms with van der Waals surface area (Å²) in [6.45, 7) is 1.18. The van der Waals surface area contributed by atoms with E-state index in [9.17, 15) is 0 Å². The average Bonchev–Trinajstić information content (AvgIpc) is 2.77. The lowest BCUT2D eigenvalue weighted by molar-refractivity contribution is 0.0646. The third-order valence-corrected chi connectivity index (χ3v) is 2.81. The first kappa shape index (κ1) is 9.74. The van der Waals surface area contributed by atoms with Gasteiger partial charge in [0.1, 0.15) is 12.4 Å². The van der Waals surface area contributed by atoms with Crippen molar-refractivity contribution in [3.05, 3.63) is 24.2 Å². The van der Waals surface area contributed by atoms with Gasteiger partial charge in [0.15, 0.2) is 0 Å². The van der Waals surface area contributed by atoms with Crippen LogP contribution in [0.3, 0.4) is 0 Å². The van der Waals surface area contributed by atoms with Crippen LogP contribution in [0.5, 0.6) is 0 Å². The highest BCUT2D eigenvalue weighted by Gasteiger charge is 2.29. The predicted molar refractivity (Wildman–Crippen MR) is 53.8 cm³/mol. The van der Waals surface area contributed by atoms with Crippen molar-refractivity contribution < 1.29 is 9.15 Å². The summed E-state index contributed by atoms with van der Waals surface area (Å²) in [5.41, 5.74) is 6.07. The van der Waals surface area contributed by atoms with E-state index in [1.165, 1.54) is 12.8 Å². The first-order chi connectivity index (χ1) is 6.79. The second-order valence-electron chi connectivity index (χ2n) is 4.14. The molecule has 2 rings (SSSR count). The van der Waals surface area contributed by atoms with Crippen LogP contribution in [0, 0.1) is 0 Å². The number of rotatable bonds is 4. The fraction of sp³-hybridized carbons (Fsp3) is 0.636. The highest BCUT2D eigenvalue weighted by Crippen LogP contribution is 2.27. The summed E-state index contributed by atoms with van der Waals surface area (Å²) in [5.74, 6) is 0.867. The van der Waals surface area contributed by atoms with Crippen molar-refractivity contribution in [2.45, 2.75) is 37.8 Å². The molecular formula is C11H17NO2. The minimum absolute atomic E-state index is 0.0768. The molecule has 3 nitrogen and oxygen atoms in total. The van der Waals surface area contributed by atoms with Crippen LogP contribution in [0.4, 0.5) is 0 Å². The van der Waals surface area contributed by atoms with Gasteiger partial charge in [-0.1, -0.05) is 12.8 Å². The second kappa shape index (κ2) is 4.15. The molecule has 3 heteroatoms. The van der Waals surface area contributed by atoms with E-state index in [0.29, 0.717) is 13.2 Å². The Bertz CT molecular complexity index is 263. The Balaban J connectivity index is 1.72. The van der Waals surface area contributed by atoms with Gasteiger partial charge in [0, 0.05) is 5.54 Å². The molecule has 2 N–H and O–H groups in total. The van der Waals surface area contributed by atoms with E-state index in [1.54, 1.807) is 6.26 Å². The zero-order valence-corrected chi connectivity index (χ0v) is 8.37. The van der Waals surface area contributed by atoms with E-state index in [0.717, 1.165) is 18.6 Å². The SMILES string of the molecule is NC1(COCc2ccco2)CCCC1. The molecule has 0 aromatic carbocycles. The molecule has 0 bridgehead atoms. The fourth-order valence-corrected chi connectivity index (χ4v) is 1.97. The molecule has 1 heterocycles. The minimum Gasteiger partial charge on any atom is -0.467 e. The Hall–Kier alpha value is -0.800. The topological polar surface area (TPSA) is 48.4 Å². The Kier molecular flexibility index (Phi) is 2.89. The number of nitrogens with two attached hydrogens (primary N) is 1. The van der Waals surface area contributed by atoms with E-state index in [1.807, 2.05) is 12.1 Å². The molecule has 0 spiro atoms. The van der Waals surface area contributed by atoms with Gasteiger partial charge in [-0.3, -0.25) is 0 Å². The van der Waals surface area contributed by atoms with Crippen LogP contribution in [0.2, 0.25) is 0 Å². The van der Waals surface area contributed by atoms with Crippen LogP contribution < -0.4 is 5.73 Å².